The van der Waals surface area contributed by atoms with Crippen LogP contribution in [0.4, 0.5) is 5.69 Å². The molecule has 8 nitrogen and oxygen atoms in total. The molecular weight excluding hydrogens is 508 g/mol. The number of carboxylic acid groups (broad SMARTS) is 1. The first-order chi connectivity index (χ1) is 19.5. The molecule has 0 aromatic heterocycles. The number of aliphatic hydroxyl groups excluding tert-OH is 1. The Morgan fingerprint density at radius 1 is 0.875 bits per heavy atom. The van der Waals surface area contributed by atoms with E-state index in [4.69, 9.17) is 14.6 Å². The molecule has 2 aromatic rings. The highest BCUT2D eigenvalue weighted by Gasteiger charge is 2.33. The summed E-state index contributed by atoms with van der Waals surface area (Å²) in [5.74, 6) is -0.892. The lowest BCUT2D eigenvalue weighted by molar-refractivity contribution is -0.253. The Morgan fingerprint density at radius 3 is 2.33 bits per heavy atom. The van der Waals surface area contributed by atoms with E-state index in [2.05, 4.69) is 10.2 Å². The van der Waals surface area contributed by atoms with E-state index in [1.807, 2.05) is 48.5 Å². The van der Waals surface area contributed by atoms with Gasteiger partial charge in [-0.1, -0.05) is 62.1 Å². The Hall–Kier alpha value is -2.78. The van der Waals surface area contributed by atoms with Gasteiger partial charge >= 0.3 is 5.97 Å². The molecule has 2 aromatic carbocycles. The van der Waals surface area contributed by atoms with E-state index in [-0.39, 0.29) is 31.1 Å². The van der Waals surface area contributed by atoms with Crippen molar-refractivity contribution in [2.24, 2.45) is 0 Å². The van der Waals surface area contributed by atoms with Gasteiger partial charge in [0.2, 0.25) is 5.91 Å². The third-order valence-corrected chi connectivity index (χ3v) is 7.76. The number of nitrogens with zero attached hydrogens (tertiary/aromatic N) is 1. The average molecular weight is 553 g/mol. The summed E-state index contributed by atoms with van der Waals surface area (Å²) < 4.78 is 13.1. The maximum Gasteiger partial charge on any atom is 0.303 e. The summed E-state index contributed by atoms with van der Waals surface area (Å²) in [4.78, 5) is 25.7. The number of rotatable bonds is 12. The first kappa shape index (κ1) is 30.2. The highest BCUT2D eigenvalue weighted by Crippen LogP contribution is 2.38. The van der Waals surface area contributed by atoms with Gasteiger partial charge in [0.1, 0.15) is 0 Å². The van der Waals surface area contributed by atoms with Crippen molar-refractivity contribution in [2.75, 3.05) is 25.0 Å². The molecule has 0 spiro atoms. The summed E-state index contributed by atoms with van der Waals surface area (Å²) >= 11 is 0. The van der Waals surface area contributed by atoms with E-state index in [0.29, 0.717) is 31.4 Å². The summed E-state index contributed by atoms with van der Waals surface area (Å²) in [6.07, 6.45) is 8.83. The number of nitrogens with one attached hydrogen (secondary N) is 1. The average Bonchev–Trinajstić information content (AvgIpc) is 2.94. The van der Waals surface area contributed by atoms with E-state index in [0.717, 1.165) is 42.7 Å². The molecule has 40 heavy (non-hydrogen) atoms. The normalized spacial score (nSPS) is 22.3. The van der Waals surface area contributed by atoms with Crippen LogP contribution in [0.2, 0.25) is 0 Å². The van der Waals surface area contributed by atoms with Crippen molar-refractivity contribution in [3.05, 3.63) is 65.2 Å². The lowest BCUT2D eigenvalue weighted by atomic mass is 9.99. The minimum atomic E-state index is -0.804. The molecule has 8 heteroatoms. The first-order valence-corrected chi connectivity index (χ1v) is 14.8. The Kier molecular flexibility index (Phi) is 12.0. The van der Waals surface area contributed by atoms with Crippen molar-refractivity contribution in [1.29, 1.82) is 0 Å². The number of unbranched alkanes of at least 4 members (excludes halogenated alkanes) is 2. The fourth-order valence-electron chi connectivity index (χ4n) is 5.54. The quantitative estimate of drug-likeness (QED) is 0.279. The van der Waals surface area contributed by atoms with Crippen molar-refractivity contribution >= 4 is 17.6 Å². The number of aliphatic carboxylic acids is 1. The maximum atomic E-state index is 12.5. The molecule has 0 unspecified atom stereocenters. The zero-order valence-corrected chi connectivity index (χ0v) is 23.4. The molecule has 3 N–H and O–H groups in total. The van der Waals surface area contributed by atoms with Gasteiger partial charge in [-0.3, -0.25) is 9.59 Å². The Morgan fingerprint density at radius 2 is 1.60 bits per heavy atom. The van der Waals surface area contributed by atoms with Crippen LogP contribution in [0.15, 0.2) is 48.5 Å². The predicted molar refractivity (Wildman–Crippen MR) is 154 cm³/mol. The number of ether oxygens (including phenoxy) is 2. The number of benzene rings is 2. The van der Waals surface area contributed by atoms with E-state index in [9.17, 15) is 14.7 Å². The van der Waals surface area contributed by atoms with Crippen LogP contribution in [0.3, 0.4) is 0 Å². The second kappa shape index (κ2) is 15.9. The number of amides is 1. The highest BCUT2D eigenvalue weighted by atomic mass is 16.7. The SMILES string of the molecule is O=C(O)CCCCCC(=O)Nc1cccc([C@@H]2O[C@H](CN3CCCCCCC3)C[C@H](c3ccc(CO)cc3)O2)c1. The Bertz CT molecular complexity index is 1070. The number of aliphatic hydroxyl groups is 1. The van der Waals surface area contributed by atoms with Gasteiger partial charge in [-0.25, -0.2) is 0 Å². The molecule has 218 valence electrons. The molecule has 2 aliphatic heterocycles. The molecule has 0 aliphatic carbocycles. The number of hydrogen-bond acceptors (Lipinski definition) is 6. The van der Waals surface area contributed by atoms with Crippen LogP contribution in [0.1, 0.15) is 99.7 Å². The number of anilines is 1. The number of carbonyl (C=O) groups is 2. The molecule has 4 rings (SSSR count). The third-order valence-electron chi connectivity index (χ3n) is 7.76. The second-order valence-corrected chi connectivity index (χ2v) is 11.0. The van der Waals surface area contributed by atoms with Crippen LogP contribution in [0.25, 0.3) is 0 Å². The van der Waals surface area contributed by atoms with Crippen molar-refractivity contribution in [3.63, 3.8) is 0 Å². The molecular formula is C32H44N2O6. The Labute approximate surface area is 237 Å². The fraction of sp³-hybridized carbons (Fsp3) is 0.562. The number of carboxylic acids is 1. The van der Waals surface area contributed by atoms with Crippen LogP contribution < -0.4 is 5.32 Å². The van der Waals surface area contributed by atoms with Gasteiger partial charge in [0.25, 0.3) is 0 Å². The summed E-state index contributed by atoms with van der Waals surface area (Å²) in [6.45, 7) is 3.07. The van der Waals surface area contributed by atoms with Gasteiger partial charge in [-0.05, 0) is 62.0 Å². The van der Waals surface area contributed by atoms with Crippen molar-refractivity contribution in [3.8, 4) is 0 Å². The lowest BCUT2D eigenvalue weighted by Gasteiger charge is -2.39. The predicted octanol–water partition coefficient (Wildman–Crippen LogP) is 5.96. The van der Waals surface area contributed by atoms with Gasteiger partial charge in [-0.15, -0.1) is 0 Å². The maximum absolute atomic E-state index is 12.5. The molecule has 2 heterocycles. The number of likely N-dealkylation sites (tertiary alicyclic amines) is 1. The molecule has 2 saturated heterocycles. The molecule has 1 amide bonds. The molecule has 0 saturated carbocycles. The molecule has 0 bridgehead atoms. The number of carbonyl (C=O) groups excluding carboxylic acids is 1. The van der Waals surface area contributed by atoms with E-state index in [1.54, 1.807) is 0 Å². The van der Waals surface area contributed by atoms with E-state index < -0.39 is 12.3 Å². The minimum absolute atomic E-state index is 0.00439. The van der Waals surface area contributed by atoms with Gasteiger partial charge in [0.15, 0.2) is 6.29 Å². The van der Waals surface area contributed by atoms with Crippen LogP contribution >= 0.6 is 0 Å². The van der Waals surface area contributed by atoms with Crippen molar-refractivity contribution in [1.82, 2.24) is 4.90 Å². The molecule has 0 radical (unpaired) electrons. The molecule has 3 atom stereocenters. The zero-order valence-electron chi connectivity index (χ0n) is 23.4. The zero-order chi connectivity index (χ0) is 28.2. The van der Waals surface area contributed by atoms with E-state index >= 15 is 0 Å². The molecule has 2 fully saturated rings. The van der Waals surface area contributed by atoms with Crippen molar-refractivity contribution < 1.29 is 29.3 Å². The van der Waals surface area contributed by atoms with Gasteiger partial charge in [0, 0.05) is 37.1 Å². The fourth-order valence-corrected chi connectivity index (χ4v) is 5.54. The summed E-state index contributed by atoms with van der Waals surface area (Å²) in [5, 5.41) is 21.2. The minimum Gasteiger partial charge on any atom is -0.481 e. The van der Waals surface area contributed by atoms with Crippen LogP contribution in [-0.2, 0) is 25.7 Å². The Balaban J connectivity index is 1.42. The second-order valence-electron chi connectivity index (χ2n) is 11.0. The third kappa shape index (κ3) is 9.70. The van der Waals surface area contributed by atoms with E-state index in [1.165, 1.54) is 32.1 Å². The van der Waals surface area contributed by atoms with Crippen LogP contribution in [0.5, 0.6) is 0 Å². The first-order valence-electron chi connectivity index (χ1n) is 14.8. The van der Waals surface area contributed by atoms with Crippen LogP contribution in [0, 0.1) is 0 Å². The molecule has 2 aliphatic rings. The highest BCUT2D eigenvalue weighted by molar-refractivity contribution is 5.90. The smallest absolute Gasteiger partial charge is 0.303 e. The summed E-state index contributed by atoms with van der Waals surface area (Å²) in [6, 6.07) is 15.6. The van der Waals surface area contributed by atoms with Gasteiger partial charge in [-0.2, -0.15) is 0 Å². The lowest BCUT2D eigenvalue weighted by Crippen LogP contribution is -2.40. The monoisotopic (exact) mass is 552 g/mol. The topological polar surface area (TPSA) is 108 Å². The van der Waals surface area contributed by atoms with Crippen LogP contribution in [-0.4, -0.2) is 52.7 Å². The number of hydrogen-bond donors (Lipinski definition) is 3. The largest absolute Gasteiger partial charge is 0.481 e. The van der Waals surface area contributed by atoms with Gasteiger partial charge in [0.05, 0.1) is 18.8 Å². The standard InChI is InChI=1S/C32H44N2O6/c35-23-24-14-16-25(17-15-24)29-21-28(22-34-18-7-2-1-3-8-19-34)39-32(40-29)26-10-9-11-27(20-26)33-30(36)12-5-4-6-13-31(37)38/h9-11,14-17,20,28-29,32,35H,1-8,12-13,18-19,21-23H2,(H,33,36)(H,37,38)/t28-,29+,32+/m0/s1. The van der Waals surface area contributed by atoms with Crippen molar-refractivity contribution in [2.45, 2.75) is 95.7 Å². The summed E-state index contributed by atoms with van der Waals surface area (Å²) in [5.41, 5.74) is 3.48. The summed E-state index contributed by atoms with van der Waals surface area (Å²) in [7, 11) is 0. The van der Waals surface area contributed by atoms with Gasteiger partial charge < -0.3 is 29.9 Å².